The lowest BCUT2D eigenvalue weighted by atomic mass is 10.1. The summed E-state index contributed by atoms with van der Waals surface area (Å²) in [6.07, 6.45) is 0. The monoisotopic (exact) mass is 345 g/mol. The molecular weight excluding hydrogens is 326 g/mol. The predicted octanol–water partition coefficient (Wildman–Crippen LogP) is 4.77. The maximum atomic E-state index is 12.3. The Morgan fingerprint density at radius 3 is 1.85 bits per heavy atom. The molecular formula is C22H19NO3. The van der Waals surface area contributed by atoms with Crippen molar-refractivity contribution in [3.05, 3.63) is 95.1 Å². The van der Waals surface area contributed by atoms with E-state index >= 15 is 0 Å². The highest BCUT2D eigenvalue weighted by Gasteiger charge is 2.12. The lowest BCUT2D eigenvalue weighted by Gasteiger charge is -2.09. The first-order valence-electron chi connectivity index (χ1n) is 8.29. The number of nitrogens with one attached hydrogen (secondary N) is 1. The minimum Gasteiger partial charge on any atom is -0.423 e. The summed E-state index contributed by atoms with van der Waals surface area (Å²) in [5.74, 6) is -0.153. The number of carbonyl (C=O) groups is 2. The van der Waals surface area contributed by atoms with Gasteiger partial charge in [-0.05, 0) is 61.4 Å². The van der Waals surface area contributed by atoms with Gasteiger partial charge in [-0.25, -0.2) is 4.79 Å². The summed E-state index contributed by atoms with van der Waals surface area (Å²) < 4.78 is 5.39. The second-order valence-corrected chi connectivity index (χ2v) is 6.00. The highest BCUT2D eigenvalue weighted by atomic mass is 16.5. The fourth-order valence-electron chi connectivity index (χ4n) is 2.60. The molecule has 0 spiro atoms. The second-order valence-electron chi connectivity index (χ2n) is 6.00. The van der Waals surface area contributed by atoms with Gasteiger partial charge >= 0.3 is 5.97 Å². The summed E-state index contributed by atoms with van der Waals surface area (Å²) in [5, 5.41) is 2.84. The van der Waals surface area contributed by atoms with Crippen LogP contribution in [0, 0.1) is 13.8 Å². The van der Waals surface area contributed by atoms with Gasteiger partial charge in [-0.1, -0.05) is 36.4 Å². The molecule has 130 valence electrons. The van der Waals surface area contributed by atoms with Crippen LogP contribution in [0.5, 0.6) is 5.75 Å². The van der Waals surface area contributed by atoms with E-state index in [1.165, 1.54) is 0 Å². The van der Waals surface area contributed by atoms with E-state index < -0.39 is 5.97 Å². The van der Waals surface area contributed by atoms with E-state index in [2.05, 4.69) is 5.32 Å². The van der Waals surface area contributed by atoms with E-state index in [0.29, 0.717) is 22.6 Å². The fraction of sp³-hybridized carbons (Fsp3) is 0.0909. The van der Waals surface area contributed by atoms with Crippen molar-refractivity contribution in [2.75, 3.05) is 5.32 Å². The van der Waals surface area contributed by atoms with E-state index in [4.69, 9.17) is 4.74 Å². The number of benzene rings is 3. The van der Waals surface area contributed by atoms with Crippen molar-refractivity contribution in [3.63, 3.8) is 0 Å². The summed E-state index contributed by atoms with van der Waals surface area (Å²) in [6.45, 7) is 3.75. The second kappa shape index (κ2) is 7.66. The first-order valence-corrected chi connectivity index (χ1v) is 8.29. The number of carbonyl (C=O) groups excluding carboxylic acids is 2. The van der Waals surface area contributed by atoms with Crippen molar-refractivity contribution in [1.82, 2.24) is 0 Å². The van der Waals surface area contributed by atoms with E-state index in [-0.39, 0.29) is 5.91 Å². The zero-order valence-electron chi connectivity index (χ0n) is 14.7. The Morgan fingerprint density at radius 2 is 1.27 bits per heavy atom. The molecule has 0 aliphatic heterocycles. The Kier molecular flexibility index (Phi) is 5.13. The average molecular weight is 345 g/mol. The zero-order chi connectivity index (χ0) is 18.5. The van der Waals surface area contributed by atoms with Gasteiger partial charge in [0.15, 0.2) is 0 Å². The third-order valence-corrected chi connectivity index (χ3v) is 4.08. The number of hydrogen-bond acceptors (Lipinski definition) is 3. The molecule has 0 aliphatic rings. The van der Waals surface area contributed by atoms with Crippen LogP contribution in [0.15, 0.2) is 72.8 Å². The van der Waals surface area contributed by atoms with Crippen LogP contribution in [0.2, 0.25) is 0 Å². The molecule has 1 amide bonds. The Hall–Kier alpha value is -3.40. The van der Waals surface area contributed by atoms with Crippen molar-refractivity contribution in [3.8, 4) is 5.75 Å². The summed E-state index contributed by atoms with van der Waals surface area (Å²) in [6, 6.07) is 21.4. The minimum atomic E-state index is -0.403. The molecule has 1 N–H and O–H groups in total. The molecule has 0 fully saturated rings. The van der Waals surface area contributed by atoms with Gasteiger partial charge in [0.25, 0.3) is 5.91 Å². The van der Waals surface area contributed by atoms with Crippen molar-refractivity contribution < 1.29 is 14.3 Å². The van der Waals surface area contributed by atoms with Crippen molar-refractivity contribution in [2.45, 2.75) is 13.8 Å². The molecule has 3 aromatic carbocycles. The van der Waals surface area contributed by atoms with Crippen LogP contribution in [-0.4, -0.2) is 11.9 Å². The van der Waals surface area contributed by atoms with Crippen LogP contribution in [0.1, 0.15) is 31.8 Å². The third-order valence-electron chi connectivity index (χ3n) is 4.08. The molecule has 3 rings (SSSR count). The fourth-order valence-corrected chi connectivity index (χ4v) is 2.60. The molecule has 0 heterocycles. The van der Waals surface area contributed by atoms with E-state index in [0.717, 1.165) is 11.1 Å². The lowest BCUT2D eigenvalue weighted by molar-refractivity contribution is 0.0733. The van der Waals surface area contributed by atoms with Gasteiger partial charge in [0.1, 0.15) is 5.75 Å². The third kappa shape index (κ3) is 3.98. The minimum absolute atomic E-state index is 0.173. The van der Waals surface area contributed by atoms with Gasteiger partial charge in [-0.3, -0.25) is 4.79 Å². The van der Waals surface area contributed by atoms with Gasteiger partial charge in [0.2, 0.25) is 0 Å². The van der Waals surface area contributed by atoms with Gasteiger partial charge < -0.3 is 10.1 Å². The Labute approximate surface area is 152 Å². The maximum Gasteiger partial charge on any atom is 0.343 e. The molecule has 0 atom stereocenters. The van der Waals surface area contributed by atoms with Crippen molar-refractivity contribution in [1.29, 1.82) is 0 Å². The van der Waals surface area contributed by atoms with Gasteiger partial charge in [0, 0.05) is 11.3 Å². The molecule has 0 bridgehead atoms. The summed E-state index contributed by atoms with van der Waals surface area (Å²) in [7, 11) is 0. The number of ether oxygens (including phenoxy) is 1. The molecule has 0 saturated heterocycles. The smallest absolute Gasteiger partial charge is 0.343 e. The number of anilines is 1. The van der Waals surface area contributed by atoms with Crippen LogP contribution in [0.3, 0.4) is 0 Å². The maximum absolute atomic E-state index is 12.3. The molecule has 26 heavy (non-hydrogen) atoms. The largest absolute Gasteiger partial charge is 0.423 e. The summed E-state index contributed by atoms with van der Waals surface area (Å²) in [4.78, 5) is 24.6. The first kappa shape index (κ1) is 17.4. The molecule has 4 heteroatoms. The molecule has 0 saturated carbocycles. The first-order chi connectivity index (χ1) is 12.5. The van der Waals surface area contributed by atoms with Crippen LogP contribution in [0.25, 0.3) is 0 Å². The molecule has 0 unspecified atom stereocenters. The number of hydrogen-bond donors (Lipinski definition) is 1. The number of rotatable bonds is 4. The van der Waals surface area contributed by atoms with Gasteiger partial charge in [-0.15, -0.1) is 0 Å². The Bertz CT molecular complexity index is 867. The molecule has 4 nitrogen and oxygen atoms in total. The highest BCUT2D eigenvalue weighted by molar-refractivity contribution is 6.05. The number of amides is 1. The Balaban J connectivity index is 1.67. The van der Waals surface area contributed by atoms with Crippen molar-refractivity contribution in [2.24, 2.45) is 0 Å². The van der Waals surface area contributed by atoms with E-state index in [9.17, 15) is 9.59 Å². The Morgan fingerprint density at radius 1 is 0.731 bits per heavy atom. The van der Waals surface area contributed by atoms with Crippen molar-refractivity contribution >= 4 is 17.6 Å². The summed E-state index contributed by atoms with van der Waals surface area (Å²) >= 11 is 0. The predicted molar refractivity (Wildman–Crippen MR) is 102 cm³/mol. The van der Waals surface area contributed by atoms with Crippen LogP contribution in [0.4, 0.5) is 5.69 Å². The van der Waals surface area contributed by atoms with Crippen LogP contribution in [-0.2, 0) is 0 Å². The summed E-state index contributed by atoms with van der Waals surface area (Å²) in [5.41, 5.74) is 3.56. The van der Waals surface area contributed by atoms with Crippen LogP contribution < -0.4 is 10.1 Å². The lowest BCUT2D eigenvalue weighted by Crippen LogP contribution is -2.13. The average Bonchev–Trinajstić information content (AvgIpc) is 2.64. The topological polar surface area (TPSA) is 55.4 Å². The number of esters is 1. The van der Waals surface area contributed by atoms with Gasteiger partial charge in [-0.2, -0.15) is 0 Å². The zero-order valence-corrected chi connectivity index (χ0v) is 14.7. The standard InChI is InChI=1S/C22H19NO3/c1-15-7-3-5-9-19(15)21(24)23-17-11-13-18(14-12-17)26-22(25)20-10-6-4-8-16(20)2/h3-14H,1-2H3,(H,23,24). The van der Waals surface area contributed by atoms with Gasteiger partial charge in [0.05, 0.1) is 5.56 Å². The SMILES string of the molecule is Cc1ccccc1C(=O)Nc1ccc(OC(=O)c2ccccc2C)cc1. The molecule has 3 aromatic rings. The molecule has 0 aliphatic carbocycles. The quantitative estimate of drug-likeness (QED) is 0.547. The normalized spacial score (nSPS) is 10.2. The molecule has 0 aromatic heterocycles. The molecule has 0 radical (unpaired) electrons. The van der Waals surface area contributed by atoms with E-state index in [1.807, 2.05) is 44.2 Å². The number of aryl methyl sites for hydroxylation is 2. The van der Waals surface area contributed by atoms with Crippen LogP contribution >= 0.6 is 0 Å². The van der Waals surface area contributed by atoms with E-state index in [1.54, 1.807) is 42.5 Å². The highest BCUT2D eigenvalue weighted by Crippen LogP contribution is 2.19.